The normalized spacial score (nSPS) is 10.1. The topological polar surface area (TPSA) is 37.3 Å². The zero-order valence-corrected chi connectivity index (χ0v) is 9.52. The minimum Gasteiger partial charge on any atom is -0.481 e. The SMILES string of the molecule is O=C(O)Cc1cc(F)c(Br)cc1Br. The second-order valence-electron chi connectivity index (χ2n) is 2.43. The van der Waals surface area contributed by atoms with Crippen molar-refractivity contribution in [2.24, 2.45) is 0 Å². The molecule has 1 rings (SSSR count). The van der Waals surface area contributed by atoms with E-state index in [1.807, 2.05) is 0 Å². The van der Waals surface area contributed by atoms with Gasteiger partial charge in [-0.3, -0.25) is 4.79 Å². The molecule has 0 spiro atoms. The Balaban J connectivity index is 3.08. The van der Waals surface area contributed by atoms with Crippen LogP contribution in [0.25, 0.3) is 0 Å². The molecular weight excluding hydrogens is 307 g/mol. The molecule has 1 aromatic rings. The van der Waals surface area contributed by atoms with Crippen molar-refractivity contribution in [1.29, 1.82) is 0 Å². The van der Waals surface area contributed by atoms with Crippen LogP contribution >= 0.6 is 31.9 Å². The summed E-state index contributed by atoms with van der Waals surface area (Å²) < 4.78 is 13.8. The summed E-state index contributed by atoms with van der Waals surface area (Å²) in [5, 5.41) is 8.50. The average Bonchev–Trinajstić information content (AvgIpc) is 1.99. The predicted molar refractivity (Wildman–Crippen MR) is 53.1 cm³/mol. The van der Waals surface area contributed by atoms with Gasteiger partial charge in [-0.1, -0.05) is 15.9 Å². The monoisotopic (exact) mass is 310 g/mol. The minimum atomic E-state index is -0.984. The molecule has 0 amide bonds. The largest absolute Gasteiger partial charge is 0.481 e. The fraction of sp³-hybridized carbons (Fsp3) is 0.125. The second-order valence-corrected chi connectivity index (χ2v) is 4.14. The van der Waals surface area contributed by atoms with Crippen LogP contribution in [0.15, 0.2) is 21.1 Å². The van der Waals surface area contributed by atoms with Gasteiger partial charge in [-0.25, -0.2) is 4.39 Å². The molecule has 0 fully saturated rings. The van der Waals surface area contributed by atoms with Gasteiger partial charge in [0.25, 0.3) is 0 Å². The van der Waals surface area contributed by atoms with Crippen molar-refractivity contribution >= 4 is 37.8 Å². The lowest BCUT2D eigenvalue weighted by molar-refractivity contribution is -0.136. The van der Waals surface area contributed by atoms with Crippen LogP contribution in [0.1, 0.15) is 5.56 Å². The molecule has 0 saturated carbocycles. The van der Waals surface area contributed by atoms with Gasteiger partial charge in [-0.15, -0.1) is 0 Å². The maximum absolute atomic E-state index is 12.9. The zero-order valence-electron chi connectivity index (χ0n) is 6.35. The average molecular weight is 312 g/mol. The number of hydrogen-bond donors (Lipinski definition) is 1. The number of rotatable bonds is 2. The molecule has 0 unspecified atom stereocenters. The molecule has 0 bridgehead atoms. The van der Waals surface area contributed by atoms with E-state index in [-0.39, 0.29) is 6.42 Å². The molecule has 0 saturated heterocycles. The molecule has 1 N–H and O–H groups in total. The standard InChI is InChI=1S/C8H5Br2FO2/c9-5-3-6(10)7(11)1-4(5)2-8(12)13/h1,3H,2H2,(H,12,13). The fourth-order valence-corrected chi connectivity index (χ4v) is 2.00. The van der Waals surface area contributed by atoms with Crippen LogP contribution in [0.3, 0.4) is 0 Å². The predicted octanol–water partition coefficient (Wildman–Crippen LogP) is 2.98. The number of aliphatic carboxylic acids is 1. The van der Waals surface area contributed by atoms with E-state index in [4.69, 9.17) is 5.11 Å². The highest BCUT2D eigenvalue weighted by Gasteiger charge is 2.09. The number of benzene rings is 1. The summed E-state index contributed by atoms with van der Waals surface area (Å²) in [6.45, 7) is 0. The first-order valence-electron chi connectivity index (χ1n) is 3.36. The van der Waals surface area contributed by atoms with E-state index in [9.17, 15) is 9.18 Å². The molecular formula is C8H5Br2FO2. The van der Waals surface area contributed by atoms with Crippen molar-refractivity contribution in [3.8, 4) is 0 Å². The Kier molecular flexibility index (Phi) is 3.44. The van der Waals surface area contributed by atoms with Gasteiger partial charge in [0, 0.05) is 4.47 Å². The van der Waals surface area contributed by atoms with Crippen LogP contribution in [-0.2, 0) is 11.2 Å². The summed E-state index contributed by atoms with van der Waals surface area (Å²) in [6, 6.07) is 2.69. The zero-order chi connectivity index (χ0) is 10.0. The number of carbonyl (C=O) groups is 1. The summed E-state index contributed by atoms with van der Waals surface area (Å²) in [5.74, 6) is -1.44. The lowest BCUT2D eigenvalue weighted by atomic mass is 10.1. The molecule has 0 aromatic heterocycles. The molecule has 0 aliphatic heterocycles. The molecule has 0 heterocycles. The maximum atomic E-state index is 12.9. The third-order valence-electron chi connectivity index (χ3n) is 1.43. The molecule has 70 valence electrons. The second kappa shape index (κ2) is 4.19. The minimum absolute atomic E-state index is 0.190. The van der Waals surface area contributed by atoms with Gasteiger partial charge in [0.05, 0.1) is 10.9 Å². The first kappa shape index (κ1) is 10.7. The van der Waals surface area contributed by atoms with E-state index >= 15 is 0 Å². The quantitative estimate of drug-likeness (QED) is 0.853. The molecule has 13 heavy (non-hydrogen) atoms. The third-order valence-corrected chi connectivity index (χ3v) is 2.78. The molecule has 2 nitrogen and oxygen atoms in total. The Morgan fingerprint density at radius 1 is 1.38 bits per heavy atom. The van der Waals surface area contributed by atoms with Gasteiger partial charge in [-0.2, -0.15) is 0 Å². The Morgan fingerprint density at radius 2 is 2.00 bits per heavy atom. The number of carboxylic acids is 1. The smallest absolute Gasteiger partial charge is 0.307 e. The van der Waals surface area contributed by atoms with Gasteiger partial charge in [0.2, 0.25) is 0 Å². The van der Waals surface area contributed by atoms with Gasteiger partial charge < -0.3 is 5.11 Å². The molecule has 0 radical (unpaired) electrons. The van der Waals surface area contributed by atoms with Crippen LogP contribution in [0.2, 0.25) is 0 Å². The van der Waals surface area contributed by atoms with Gasteiger partial charge in [-0.05, 0) is 33.6 Å². The van der Waals surface area contributed by atoms with Crippen molar-refractivity contribution in [3.63, 3.8) is 0 Å². The number of hydrogen-bond acceptors (Lipinski definition) is 1. The lowest BCUT2D eigenvalue weighted by Gasteiger charge is -2.02. The van der Waals surface area contributed by atoms with E-state index in [2.05, 4.69) is 31.9 Å². The van der Waals surface area contributed by atoms with Crippen molar-refractivity contribution in [1.82, 2.24) is 0 Å². The van der Waals surface area contributed by atoms with Crippen LogP contribution in [0.5, 0.6) is 0 Å². The maximum Gasteiger partial charge on any atom is 0.307 e. The van der Waals surface area contributed by atoms with Gasteiger partial charge in [0.15, 0.2) is 0 Å². The van der Waals surface area contributed by atoms with E-state index in [1.165, 1.54) is 12.1 Å². The van der Waals surface area contributed by atoms with Crippen molar-refractivity contribution in [2.45, 2.75) is 6.42 Å². The molecule has 5 heteroatoms. The summed E-state index contributed by atoms with van der Waals surface area (Å²) in [6.07, 6.45) is -0.190. The molecule has 0 atom stereocenters. The summed E-state index contributed by atoms with van der Waals surface area (Å²) in [4.78, 5) is 10.4. The highest BCUT2D eigenvalue weighted by atomic mass is 79.9. The Labute approximate surface area is 91.0 Å². The third kappa shape index (κ3) is 2.77. The van der Waals surface area contributed by atoms with Crippen LogP contribution < -0.4 is 0 Å². The molecule has 0 aliphatic carbocycles. The highest BCUT2D eigenvalue weighted by molar-refractivity contribution is 9.11. The highest BCUT2D eigenvalue weighted by Crippen LogP contribution is 2.25. The Morgan fingerprint density at radius 3 is 2.54 bits per heavy atom. The first-order valence-corrected chi connectivity index (χ1v) is 4.94. The first-order chi connectivity index (χ1) is 6.00. The van der Waals surface area contributed by atoms with Gasteiger partial charge >= 0.3 is 5.97 Å². The van der Waals surface area contributed by atoms with Crippen LogP contribution in [-0.4, -0.2) is 11.1 Å². The van der Waals surface area contributed by atoms with E-state index < -0.39 is 11.8 Å². The molecule has 1 aromatic carbocycles. The van der Waals surface area contributed by atoms with E-state index in [1.54, 1.807) is 0 Å². The van der Waals surface area contributed by atoms with Gasteiger partial charge in [0.1, 0.15) is 5.82 Å². The van der Waals surface area contributed by atoms with E-state index in [0.29, 0.717) is 14.5 Å². The Hall–Kier alpha value is -0.420. The lowest BCUT2D eigenvalue weighted by Crippen LogP contribution is -2.01. The van der Waals surface area contributed by atoms with Crippen LogP contribution in [0, 0.1) is 5.82 Å². The van der Waals surface area contributed by atoms with E-state index in [0.717, 1.165) is 0 Å². The fourth-order valence-electron chi connectivity index (χ4n) is 0.862. The number of carboxylic acid groups (broad SMARTS) is 1. The summed E-state index contributed by atoms with van der Waals surface area (Å²) in [5.41, 5.74) is 0.424. The number of halogens is 3. The van der Waals surface area contributed by atoms with Crippen LogP contribution in [0.4, 0.5) is 4.39 Å². The van der Waals surface area contributed by atoms with Crippen molar-refractivity contribution in [2.75, 3.05) is 0 Å². The summed E-state index contributed by atoms with van der Waals surface area (Å²) in [7, 11) is 0. The van der Waals surface area contributed by atoms with Crippen molar-refractivity contribution in [3.05, 3.63) is 32.5 Å². The van der Waals surface area contributed by atoms with Crippen molar-refractivity contribution < 1.29 is 14.3 Å². The summed E-state index contributed by atoms with van der Waals surface area (Å²) >= 11 is 6.14. The Bertz CT molecular complexity index is 352. The molecule has 0 aliphatic rings.